The lowest BCUT2D eigenvalue weighted by Crippen LogP contribution is -2.38. The van der Waals surface area contributed by atoms with Crippen molar-refractivity contribution in [3.05, 3.63) is 57.0 Å². The minimum absolute atomic E-state index is 0.0353. The predicted octanol–water partition coefficient (Wildman–Crippen LogP) is 3.22. The van der Waals surface area contributed by atoms with Crippen molar-refractivity contribution in [3.63, 3.8) is 0 Å². The lowest BCUT2D eigenvalue weighted by molar-refractivity contribution is 0.0995. The van der Waals surface area contributed by atoms with Gasteiger partial charge in [0.15, 0.2) is 5.78 Å². The van der Waals surface area contributed by atoms with Gasteiger partial charge in [-0.2, -0.15) is 0 Å². The Labute approximate surface area is 144 Å². The number of nitrogens with zero attached hydrogens (tertiary/aromatic N) is 1. The van der Waals surface area contributed by atoms with Gasteiger partial charge in [-0.15, -0.1) is 11.3 Å². The molecule has 2 heterocycles. The first-order valence-corrected chi connectivity index (χ1v) is 8.55. The summed E-state index contributed by atoms with van der Waals surface area (Å²) in [4.78, 5) is 17.6. The number of ether oxygens (including phenoxy) is 1. The highest BCUT2D eigenvalue weighted by Crippen LogP contribution is 2.31. The van der Waals surface area contributed by atoms with Gasteiger partial charge in [0, 0.05) is 12.0 Å². The van der Waals surface area contributed by atoms with E-state index in [4.69, 9.17) is 10.5 Å². The molecule has 24 heavy (non-hydrogen) atoms. The third-order valence-corrected chi connectivity index (χ3v) is 5.17. The van der Waals surface area contributed by atoms with E-state index in [0.717, 1.165) is 16.0 Å². The number of ketones is 1. The standard InChI is InChI=1S/C18H19FN2O2S/c1-11-5-6-24-17(11)15(22)8-12-3-4-14(19)13(7-12)18(2)10-23-9-16(20)21-18/h3-7H,8-10H2,1-2H3,(H2,20,21)/t18-/m0/s1. The molecule has 0 saturated carbocycles. The van der Waals surface area contributed by atoms with Crippen LogP contribution in [0.15, 0.2) is 34.6 Å². The van der Waals surface area contributed by atoms with Gasteiger partial charge in [0.25, 0.3) is 0 Å². The quantitative estimate of drug-likeness (QED) is 0.865. The number of aliphatic imine (C=N–C) groups is 1. The van der Waals surface area contributed by atoms with Crippen LogP contribution in [0.2, 0.25) is 0 Å². The van der Waals surface area contributed by atoms with E-state index in [9.17, 15) is 9.18 Å². The smallest absolute Gasteiger partial charge is 0.177 e. The van der Waals surface area contributed by atoms with Crippen LogP contribution in [0.3, 0.4) is 0 Å². The van der Waals surface area contributed by atoms with Crippen molar-refractivity contribution in [3.8, 4) is 0 Å². The number of rotatable bonds is 4. The number of halogens is 1. The molecule has 1 aromatic heterocycles. The monoisotopic (exact) mass is 346 g/mol. The Bertz CT molecular complexity index is 815. The summed E-state index contributed by atoms with van der Waals surface area (Å²) < 4.78 is 19.8. The fraction of sp³-hybridized carbons (Fsp3) is 0.333. The van der Waals surface area contributed by atoms with Crippen molar-refractivity contribution >= 4 is 23.0 Å². The van der Waals surface area contributed by atoms with E-state index in [-0.39, 0.29) is 31.2 Å². The Morgan fingerprint density at radius 2 is 2.25 bits per heavy atom. The molecule has 0 spiro atoms. The fourth-order valence-electron chi connectivity index (χ4n) is 2.89. The van der Waals surface area contributed by atoms with Crippen LogP contribution in [0.5, 0.6) is 0 Å². The third-order valence-electron chi connectivity index (χ3n) is 4.11. The lowest BCUT2D eigenvalue weighted by Gasteiger charge is -2.30. The van der Waals surface area contributed by atoms with E-state index in [1.807, 2.05) is 18.4 Å². The molecule has 1 aliphatic heterocycles. The number of amidine groups is 1. The van der Waals surface area contributed by atoms with Crippen LogP contribution in [0.1, 0.15) is 33.3 Å². The van der Waals surface area contributed by atoms with E-state index in [1.165, 1.54) is 17.4 Å². The highest BCUT2D eigenvalue weighted by molar-refractivity contribution is 7.12. The van der Waals surface area contributed by atoms with Gasteiger partial charge in [-0.3, -0.25) is 9.79 Å². The van der Waals surface area contributed by atoms with Crippen molar-refractivity contribution in [1.82, 2.24) is 0 Å². The molecule has 0 bridgehead atoms. The van der Waals surface area contributed by atoms with Crippen molar-refractivity contribution < 1.29 is 13.9 Å². The van der Waals surface area contributed by atoms with Gasteiger partial charge in [0.05, 0.1) is 11.5 Å². The molecule has 6 heteroatoms. The summed E-state index contributed by atoms with van der Waals surface area (Å²) >= 11 is 1.43. The zero-order chi connectivity index (χ0) is 17.3. The molecule has 0 aliphatic carbocycles. The molecule has 0 unspecified atom stereocenters. The average molecular weight is 346 g/mol. The number of hydrogen-bond donors (Lipinski definition) is 1. The number of aryl methyl sites for hydroxylation is 1. The number of nitrogens with two attached hydrogens (primary N) is 1. The van der Waals surface area contributed by atoms with Crippen LogP contribution in [-0.4, -0.2) is 24.8 Å². The van der Waals surface area contributed by atoms with Crippen molar-refractivity contribution in [2.45, 2.75) is 25.8 Å². The summed E-state index contributed by atoms with van der Waals surface area (Å²) in [6, 6.07) is 6.64. The van der Waals surface area contributed by atoms with Gasteiger partial charge in [-0.05, 0) is 48.6 Å². The normalized spacial score (nSPS) is 20.7. The molecule has 4 nitrogen and oxygen atoms in total. The summed E-state index contributed by atoms with van der Waals surface area (Å²) in [6.07, 6.45) is 0.227. The second-order valence-electron chi connectivity index (χ2n) is 6.22. The molecule has 3 rings (SSSR count). The Morgan fingerprint density at radius 3 is 2.92 bits per heavy atom. The van der Waals surface area contributed by atoms with Crippen LogP contribution in [-0.2, 0) is 16.7 Å². The predicted molar refractivity (Wildman–Crippen MR) is 93.3 cm³/mol. The van der Waals surface area contributed by atoms with E-state index in [2.05, 4.69) is 4.99 Å². The molecular formula is C18H19FN2O2S. The second kappa shape index (κ2) is 6.45. The zero-order valence-electron chi connectivity index (χ0n) is 13.6. The Balaban J connectivity index is 1.91. The largest absolute Gasteiger partial charge is 0.386 e. The Hall–Kier alpha value is -2.05. The third kappa shape index (κ3) is 3.25. The first kappa shape index (κ1) is 16.8. The number of hydrogen-bond acceptors (Lipinski definition) is 5. The molecule has 1 aliphatic rings. The van der Waals surface area contributed by atoms with Gasteiger partial charge in [-0.1, -0.05) is 6.07 Å². The van der Waals surface area contributed by atoms with Crippen LogP contribution >= 0.6 is 11.3 Å². The fourth-order valence-corrected chi connectivity index (χ4v) is 3.76. The molecule has 2 aromatic rings. The summed E-state index contributed by atoms with van der Waals surface area (Å²) in [5.74, 6) is 0.00927. The number of Topliss-reactive ketones (excluding diaryl/α,β-unsaturated/α-hetero) is 1. The van der Waals surface area contributed by atoms with Crippen LogP contribution in [0.25, 0.3) is 0 Å². The summed E-state index contributed by atoms with van der Waals surface area (Å²) in [5.41, 5.74) is 7.00. The molecule has 0 fully saturated rings. The van der Waals surface area contributed by atoms with Crippen molar-refractivity contribution in [2.24, 2.45) is 10.7 Å². The number of carbonyl (C=O) groups excluding carboxylic acids is 1. The van der Waals surface area contributed by atoms with Gasteiger partial charge >= 0.3 is 0 Å². The van der Waals surface area contributed by atoms with Crippen molar-refractivity contribution in [2.75, 3.05) is 13.2 Å². The van der Waals surface area contributed by atoms with Gasteiger partial charge < -0.3 is 10.5 Å². The second-order valence-corrected chi connectivity index (χ2v) is 7.13. The number of benzene rings is 1. The maximum absolute atomic E-state index is 14.4. The van der Waals surface area contributed by atoms with Crippen LogP contribution in [0, 0.1) is 12.7 Å². The summed E-state index contributed by atoms with van der Waals surface area (Å²) in [6.45, 7) is 4.21. The Kier molecular flexibility index (Phi) is 4.51. The molecule has 126 valence electrons. The maximum Gasteiger partial charge on any atom is 0.177 e. The highest BCUT2D eigenvalue weighted by atomic mass is 32.1. The molecule has 1 atom stereocenters. The minimum atomic E-state index is -0.871. The highest BCUT2D eigenvalue weighted by Gasteiger charge is 2.33. The molecule has 0 saturated heterocycles. The molecule has 2 N–H and O–H groups in total. The number of carbonyl (C=O) groups is 1. The maximum atomic E-state index is 14.4. The van der Waals surface area contributed by atoms with E-state index in [1.54, 1.807) is 19.1 Å². The van der Waals surface area contributed by atoms with E-state index >= 15 is 0 Å². The van der Waals surface area contributed by atoms with Crippen molar-refractivity contribution in [1.29, 1.82) is 0 Å². The van der Waals surface area contributed by atoms with Crippen LogP contribution < -0.4 is 5.73 Å². The SMILES string of the molecule is Cc1ccsc1C(=O)Cc1ccc(F)c([C@]2(C)COCC(N)=N2)c1. The summed E-state index contributed by atoms with van der Waals surface area (Å²) in [5, 5.41) is 1.90. The van der Waals surface area contributed by atoms with E-state index in [0.29, 0.717) is 11.4 Å². The van der Waals surface area contributed by atoms with Crippen LogP contribution in [0.4, 0.5) is 4.39 Å². The Morgan fingerprint density at radius 1 is 1.46 bits per heavy atom. The molecular weight excluding hydrogens is 327 g/mol. The lowest BCUT2D eigenvalue weighted by atomic mass is 9.90. The molecule has 0 amide bonds. The average Bonchev–Trinajstić information content (AvgIpc) is 2.95. The molecule has 0 radical (unpaired) electrons. The van der Waals surface area contributed by atoms with E-state index < -0.39 is 5.54 Å². The van der Waals surface area contributed by atoms with Gasteiger partial charge in [-0.25, -0.2) is 4.39 Å². The minimum Gasteiger partial charge on any atom is -0.386 e. The topological polar surface area (TPSA) is 64.7 Å². The zero-order valence-corrected chi connectivity index (χ0v) is 14.5. The molecule has 1 aromatic carbocycles. The summed E-state index contributed by atoms with van der Waals surface area (Å²) in [7, 11) is 0. The first-order valence-electron chi connectivity index (χ1n) is 7.67. The van der Waals surface area contributed by atoms with Gasteiger partial charge in [0.1, 0.15) is 23.8 Å². The van der Waals surface area contributed by atoms with Gasteiger partial charge in [0.2, 0.25) is 0 Å². The first-order chi connectivity index (χ1) is 11.4. The number of thiophene rings is 1.